The number of thiophene rings is 1. The van der Waals surface area contributed by atoms with Crippen molar-refractivity contribution in [2.75, 3.05) is 6.61 Å². The molecule has 2 nitrogen and oxygen atoms in total. The molecule has 0 saturated heterocycles. The smallest absolute Gasteiger partial charge is 0.160 e. The molecule has 2 rings (SSSR count). The minimum atomic E-state index is 0.598. The first-order chi connectivity index (χ1) is 8.24. The van der Waals surface area contributed by atoms with Crippen molar-refractivity contribution in [3.05, 3.63) is 40.2 Å². The zero-order valence-corrected chi connectivity index (χ0v) is 10.8. The lowest BCUT2D eigenvalue weighted by Gasteiger charge is -2.08. The van der Waals surface area contributed by atoms with Gasteiger partial charge < -0.3 is 4.74 Å². The number of aldehydes is 1. The Labute approximate surface area is 109 Å². The molecular formula is C13H11ClO2S. The van der Waals surface area contributed by atoms with Crippen LogP contribution in [-0.2, 0) is 0 Å². The van der Waals surface area contributed by atoms with Gasteiger partial charge in [-0.2, -0.15) is 0 Å². The van der Waals surface area contributed by atoms with E-state index in [0.29, 0.717) is 16.5 Å². The first-order valence-electron chi connectivity index (χ1n) is 5.22. The number of carbonyl (C=O) groups excluding carboxylic acids is 1. The van der Waals surface area contributed by atoms with Crippen molar-refractivity contribution in [3.8, 4) is 16.2 Å². The minimum absolute atomic E-state index is 0.598. The summed E-state index contributed by atoms with van der Waals surface area (Å²) in [5.41, 5.74) is 0.928. The third kappa shape index (κ3) is 2.68. The van der Waals surface area contributed by atoms with Crippen LogP contribution in [0.25, 0.3) is 10.4 Å². The molecule has 0 bridgehead atoms. The van der Waals surface area contributed by atoms with Crippen LogP contribution < -0.4 is 4.74 Å². The number of hydrogen-bond donors (Lipinski definition) is 0. The molecule has 88 valence electrons. The fourth-order valence-electron chi connectivity index (χ4n) is 1.54. The Bertz CT molecular complexity index is 534. The molecular weight excluding hydrogens is 256 g/mol. The van der Waals surface area contributed by atoms with E-state index in [1.165, 1.54) is 11.3 Å². The summed E-state index contributed by atoms with van der Waals surface area (Å²) in [5.74, 6) is 0.788. The van der Waals surface area contributed by atoms with E-state index in [-0.39, 0.29) is 0 Å². The molecule has 1 aromatic carbocycles. The van der Waals surface area contributed by atoms with Crippen LogP contribution in [0.2, 0.25) is 5.02 Å². The molecule has 0 aliphatic heterocycles. The van der Waals surface area contributed by atoms with Gasteiger partial charge in [0.25, 0.3) is 0 Å². The molecule has 17 heavy (non-hydrogen) atoms. The molecule has 1 aromatic heterocycles. The van der Waals surface area contributed by atoms with Gasteiger partial charge in [0.15, 0.2) is 6.29 Å². The van der Waals surface area contributed by atoms with Crippen LogP contribution in [0.15, 0.2) is 30.3 Å². The van der Waals surface area contributed by atoms with Crippen molar-refractivity contribution in [1.82, 2.24) is 0 Å². The summed E-state index contributed by atoms with van der Waals surface area (Å²) in [5, 5.41) is 0.657. The quantitative estimate of drug-likeness (QED) is 0.772. The standard InChI is InChI=1S/C13H11ClO2S/c1-2-16-12-5-3-9(14)7-11(12)13-6-4-10(8-15)17-13/h3-8H,2H2,1H3. The van der Waals surface area contributed by atoms with Gasteiger partial charge in [0.1, 0.15) is 5.75 Å². The second-order valence-electron chi connectivity index (χ2n) is 3.39. The molecule has 2 aromatic rings. The van der Waals surface area contributed by atoms with E-state index >= 15 is 0 Å². The van der Waals surface area contributed by atoms with Gasteiger partial charge in [0, 0.05) is 15.5 Å². The topological polar surface area (TPSA) is 26.3 Å². The number of hydrogen-bond acceptors (Lipinski definition) is 3. The van der Waals surface area contributed by atoms with Gasteiger partial charge in [-0.15, -0.1) is 11.3 Å². The molecule has 1 heterocycles. The fourth-order valence-corrected chi connectivity index (χ4v) is 2.55. The lowest BCUT2D eigenvalue weighted by Crippen LogP contribution is -1.93. The van der Waals surface area contributed by atoms with Gasteiger partial charge in [0.2, 0.25) is 0 Å². The summed E-state index contributed by atoms with van der Waals surface area (Å²) in [4.78, 5) is 12.4. The van der Waals surface area contributed by atoms with Crippen LogP contribution >= 0.6 is 22.9 Å². The first kappa shape index (κ1) is 12.1. The highest BCUT2D eigenvalue weighted by molar-refractivity contribution is 7.17. The molecule has 0 fully saturated rings. The average Bonchev–Trinajstić information content (AvgIpc) is 2.80. The van der Waals surface area contributed by atoms with Crippen molar-refractivity contribution in [2.45, 2.75) is 6.92 Å². The van der Waals surface area contributed by atoms with E-state index in [1.807, 2.05) is 25.1 Å². The van der Waals surface area contributed by atoms with Crippen LogP contribution in [0.1, 0.15) is 16.6 Å². The largest absolute Gasteiger partial charge is 0.493 e. The summed E-state index contributed by atoms with van der Waals surface area (Å²) < 4.78 is 5.55. The summed E-state index contributed by atoms with van der Waals surface area (Å²) in [7, 11) is 0. The van der Waals surface area contributed by atoms with Crippen LogP contribution in [0, 0.1) is 0 Å². The van der Waals surface area contributed by atoms with Crippen molar-refractivity contribution >= 4 is 29.2 Å². The second-order valence-corrected chi connectivity index (χ2v) is 4.95. The Morgan fingerprint density at radius 2 is 2.18 bits per heavy atom. The van der Waals surface area contributed by atoms with E-state index in [0.717, 1.165) is 22.5 Å². The number of ether oxygens (including phenoxy) is 1. The lowest BCUT2D eigenvalue weighted by atomic mass is 10.1. The minimum Gasteiger partial charge on any atom is -0.493 e. The van der Waals surface area contributed by atoms with Gasteiger partial charge >= 0.3 is 0 Å². The van der Waals surface area contributed by atoms with Crippen molar-refractivity contribution < 1.29 is 9.53 Å². The van der Waals surface area contributed by atoms with Gasteiger partial charge in [-0.3, -0.25) is 4.79 Å². The SMILES string of the molecule is CCOc1ccc(Cl)cc1-c1ccc(C=O)s1. The molecule has 0 atom stereocenters. The zero-order chi connectivity index (χ0) is 12.3. The van der Waals surface area contributed by atoms with E-state index in [1.54, 1.807) is 12.1 Å². The fraction of sp³-hybridized carbons (Fsp3) is 0.154. The first-order valence-corrected chi connectivity index (χ1v) is 6.41. The van der Waals surface area contributed by atoms with Crippen LogP contribution in [-0.4, -0.2) is 12.9 Å². The van der Waals surface area contributed by atoms with Crippen LogP contribution in [0.4, 0.5) is 0 Å². The maximum atomic E-state index is 10.7. The molecule has 0 spiro atoms. The molecule has 0 radical (unpaired) electrons. The summed E-state index contributed by atoms with van der Waals surface area (Å²) in [6, 6.07) is 9.20. The Morgan fingerprint density at radius 1 is 1.35 bits per heavy atom. The molecule has 0 amide bonds. The number of benzene rings is 1. The maximum Gasteiger partial charge on any atom is 0.160 e. The van der Waals surface area contributed by atoms with E-state index in [9.17, 15) is 4.79 Å². The van der Waals surface area contributed by atoms with Gasteiger partial charge in [-0.25, -0.2) is 0 Å². The molecule has 0 N–H and O–H groups in total. The lowest BCUT2D eigenvalue weighted by molar-refractivity contribution is 0.112. The van der Waals surface area contributed by atoms with Gasteiger partial charge in [-0.05, 0) is 37.3 Å². The molecule has 0 unspecified atom stereocenters. The number of carbonyl (C=O) groups is 1. The van der Waals surface area contributed by atoms with Crippen molar-refractivity contribution in [3.63, 3.8) is 0 Å². The predicted octanol–water partition coefficient (Wildman–Crippen LogP) is 4.28. The van der Waals surface area contributed by atoms with Crippen molar-refractivity contribution in [2.24, 2.45) is 0 Å². The van der Waals surface area contributed by atoms with Crippen LogP contribution in [0.5, 0.6) is 5.75 Å². The third-order valence-electron chi connectivity index (χ3n) is 2.25. The third-order valence-corrected chi connectivity index (χ3v) is 3.53. The average molecular weight is 267 g/mol. The highest BCUT2D eigenvalue weighted by Gasteiger charge is 2.09. The van der Waals surface area contributed by atoms with E-state index < -0.39 is 0 Å². The highest BCUT2D eigenvalue weighted by Crippen LogP contribution is 2.36. The molecule has 4 heteroatoms. The predicted molar refractivity (Wildman–Crippen MR) is 71.3 cm³/mol. The van der Waals surface area contributed by atoms with E-state index in [4.69, 9.17) is 16.3 Å². The summed E-state index contributed by atoms with van der Waals surface area (Å²) in [6.07, 6.45) is 0.846. The normalized spacial score (nSPS) is 10.2. The Kier molecular flexibility index (Phi) is 3.82. The maximum absolute atomic E-state index is 10.7. The Balaban J connectivity index is 2.48. The summed E-state index contributed by atoms with van der Waals surface area (Å²) >= 11 is 7.42. The van der Waals surface area contributed by atoms with Gasteiger partial charge in [0.05, 0.1) is 11.5 Å². The second kappa shape index (κ2) is 5.34. The number of halogens is 1. The zero-order valence-electron chi connectivity index (χ0n) is 9.27. The van der Waals surface area contributed by atoms with E-state index in [2.05, 4.69) is 0 Å². The van der Waals surface area contributed by atoms with Crippen molar-refractivity contribution in [1.29, 1.82) is 0 Å². The highest BCUT2D eigenvalue weighted by atomic mass is 35.5. The Hall–Kier alpha value is -1.32. The van der Waals surface area contributed by atoms with Gasteiger partial charge in [-0.1, -0.05) is 11.6 Å². The Morgan fingerprint density at radius 3 is 2.82 bits per heavy atom. The molecule has 0 aliphatic carbocycles. The molecule has 0 saturated carbocycles. The number of rotatable bonds is 4. The monoisotopic (exact) mass is 266 g/mol. The van der Waals surface area contributed by atoms with Crippen LogP contribution in [0.3, 0.4) is 0 Å². The summed E-state index contributed by atoms with van der Waals surface area (Å²) in [6.45, 7) is 2.53. The molecule has 0 aliphatic rings.